The summed E-state index contributed by atoms with van der Waals surface area (Å²) in [7, 11) is 0. The van der Waals surface area contributed by atoms with E-state index in [0.29, 0.717) is 37.7 Å². The minimum Gasteiger partial charge on any atom is -0.475 e. The van der Waals surface area contributed by atoms with E-state index in [2.05, 4.69) is 117 Å². The summed E-state index contributed by atoms with van der Waals surface area (Å²) in [5, 5.41) is 20.9. The van der Waals surface area contributed by atoms with Crippen molar-refractivity contribution in [3.63, 3.8) is 0 Å². The molecule has 0 radical (unpaired) electrons. The van der Waals surface area contributed by atoms with Gasteiger partial charge in [-0.05, 0) is 165 Å². The Balaban J connectivity index is 0.000000282. The fourth-order valence-electron chi connectivity index (χ4n) is 8.48. The number of carbonyl (C=O) groups excluding carboxylic acids is 4. The van der Waals surface area contributed by atoms with Gasteiger partial charge in [-0.1, -0.05) is 34.4 Å². The third-order valence-electron chi connectivity index (χ3n) is 11.8. The van der Waals surface area contributed by atoms with E-state index in [0.717, 1.165) is 96.6 Å². The van der Waals surface area contributed by atoms with Crippen LogP contribution >= 0.6 is 12.2 Å². The summed E-state index contributed by atoms with van der Waals surface area (Å²) in [5.74, 6) is 1.25. The van der Waals surface area contributed by atoms with E-state index in [1.807, 2.05) is 37.5 Å². The molecule has 0 saturated carbocycles. The van der Waals surface area contributed by atoms with Crippen LogP contribution < -0.4 is 25.8 Å². The first-order chi connectivity index (χ1) is 34.4. The number of nitrogens with two attached hydrogens (primary N) is 1. The van der Waals surface area contributed by atoms with Crippen molar-refractivity contribution in [2.24, 2.45) is 20.9 Å². The molecule has 0 unspecified atom stereocenters. The minimum atomic E-state index is -0.685. The number of nitrogens with one attached hydrogen (secondary N) is 4. The van der Waals surface area contributed by atoms with Crippen molar-refractivity contribution in [1.82, 2.24) is 40.8 Å². The van der Waals surface area contributed by atoms with Crippen molar-refractivity contribution in [3.8, 4) is 34.3 Å². The van der Waals surface area contributed by atoms with Gasteiger partial charge in [0.2, 0.25) is 23.6 Å². The molecule has 0 spiro atoms. The number of aromatic nitrogens is 4. The number of alkyl carbamates (subject to hydrolysis) is 1. The molecule has 2 aromatic heterocycles. The fourth-order valence-corrected chi connectivity index (χ4v) is 8.71. The Morgan fingerprint density at radius 3 is 1.44 bits per heavy atom. The normalized spacial score (nSPS) is 13.4. The quantitative estimate of drug-likeness (QED) is 0.0623. The van der Waals surface area contributed by atoms with Crippen molar-refractivity contribution < 1.29 is 38.1 Å². The van der Waals surface area contributed by atoms with Gasteiger partial charge in [-0.2, -0.15) is 0 Å². The number of amides is 4. The second-order valence-corrected chi connectivity index (χ2v) is 21.1. The first kappa shape index (κ1) is 59.6. The molecule has 73 heavy (non-hydrogen) atoms. The van der Waals surface area contributed by atoms with Crippen LogP contribution in [0, 0.1) is 38.5 Å². The molecule has 20 heteroatoms. The molecule has 6 N–H and O–H groups in total. The van der Waals surface area contributed by atoms with Crippen LogP contribution in [0.2, 0.25) is 0 Å². The van der Waals surface area contributed by atoms with E-state index in [4.69, 9.17) is 32.2 Å². The van der Waals surface area contributed by atoms with E-state index >= 15 is 0 Å². The topological polar surface area (TPSA) is 231 Å². The van der Waals surface area contributed by atoms with Crippen molar-refractivity contribution >= 4 is 53.8 Å². The maximum Gasteiger partial charge on any atom is 0.445 e. The van der Waals surface area contributed by atoms with Gasteiger partial charge in [0.1, 0.15) is 13.2 Å². The monoisotopic (exact) mass is 1050 g/mol. The van der Waals surface area contributed by atoms with E-state index in [1.54, 1.807) is 27.7 Å². The van der Waals surface area contributed by atoms with Crippen LogP contribution in [-0.2, 0) is 44.3 Å². The van der Waals surface area contributed by atoms with E-state index < -0.39 is 23.0 Å². The molecule has 400 valence electrons. The van der Waals surface area contributed by atoms with Crippen LogP contribution in [0.15, 0.2) is 40.8 Å². The molecule has 4 aromatic rings. The van der Waals surface area contributed by atoms with Gasteiger partial charge >= 0.3 is 12.2 Å². The van der Waals surface area contributed by atoms with E-state index in [9.17, 15) is 19.2 Å². The fraction of sp³-hybridized carbons (Fsp3) is 0.566. The zero-order chi connectivity index (χ0) is 54.0. The lowest BCUT2D eigenvalue weighted by Crippen LogP contribution is -2.42. The lowest BCUT2D eigenvalue weighted by molar-refractivity contribution is -0.141. The Morgan fingerprint density at radius 2 is 1.08 bits per heavy atom. The number of H-pyrrole nitrogens is 2. The molecular formula is C53H78N10O8S2. The highest BCUT2D eigenvalue weighted by Gasteiger charge is 2.36. The van der Waals surface area contributed by atoms with Crippen molar-refractivity contribution in [2.45, 2.75) is 134 Å². The first-order valence-corrected chi connectivity index (χ1v) is 25.9. The number of hydrogen-bond acceptors (Lipinski definition) is 13. The Hall–Kier alpha value is -5.99. The molecule has 2 aliphatic heterocycles. The number of carbonyl (C=O) groups is 4. The Kier molecular flexibility index (Phi) is 22.8. The highest BCUT2D eigenvalue weighted by molar-refractivity contribution is 7.80. The Morgan fingerprint density at radius 1 is 0.685 bits per heavy atom. The summed E-state index contributed by atoms with van der Waals surface area (Å²) in [4.78, 5) is 51.6. The molecule has 0 atom stereocenters. The smallest absolute Gasteiger partial charge is 0.445 e. The SMILES string of the molecule is CC(C)OC(=O)N=S.Cc1cc(C)cc(-c2[nH]nc(OCC(C)(C)C(=O)N3CCCC3)c2CCN)c1.Cc1cc(C)cc(-c2[nH]nc(OCC(C)(C)C(=O)N3CCCC3)c2CCNC(=S)NC(=O)OC(C)C)c1. The van der Waals surface area contributed by atoms with Gasteiger partial charge in [-0.3, -0.25) is 25.1 Å². The number of aromatic amines is 2. The van der Waals surface area contributed by atoms with Gasteiger partial charge in [-0.25, -0.2) is 9.59 Å². The zero-order valence-electron chi connectivity index (χ0n) is 44.9. The summed E-state index contributed by atoms with van der Waals surface area (Å²) in [6, 6.07) is 12.7. The van der Waals surface area contributed by atoms with Gasteiger partial charge < -0.3 is 39.8 Å². The van der Waals surface area contributed by atoms with Crippen molar-refractivity contribution in [1.29, 1.82) is 0 Å². The van der Waals surface area contributed by atoms with Crippen molar-refractivity contribution in [3.05, 3.63) is 69.8 Å². The predicted octanol–water partition coefficient (Wildman–Crippen LogP) is 8.76. The summed E-state index contributed by atoms with van der Waals surface area (Å²) in [6.45, 7) is 27.7. The van der Waals surface area contributed by atoms with Gasteiger partial charge in [-0.15, -0.1) is 14.6 Å². The average Bonchev–Trinajstić information content (AvgIpc) is 4.16. The summed E-state index contributed by atoms with van der Waals surface area (Å²) < 4.78 is 24.6. The van der Waals surface area contributed by atoms with Gasteiger partial charge in [0, 0.05) is 67.4 Å². The van der Waals surface area contributed by atoms with Crippen LogP contribution in [0.25, 0.3) is 22.5 Å². The van der Waals surface area contributed by atoms with Gasteiger partial charge in [0.05, 0.1) is 34.4 Å². The maximum atomic E-state index is 13.0. The molecule has 6 rings (SSSR count). The molecule has 2 fully saturated rings. The molecule has 2 aliphatic rings. The highest BCUT2D eigenvalue weighted by atomic mass is 32.1. The summed E-state index contributed by atoms with van der Waals surface area (Å²) in [5.41, 5.74) is 15.0. The summed E-state index contributed by atoms with van der Waals surface area (Å²) >= 11 is 9.28. The molecule has 0 aliphatic carbocycles. The van der Waals surface area contributed by atoms with Gasteiger partial charge in [0.15, 0.2) is 5.11 Å². The van der Waals surface area contributed by atoms with Gasteiger partial charge in [0.25, 0.3) is 0 Å². The molecule has 4 heterocycles. The molecular weight excluding hydrogens is 969 g/mol. The maximum absolute atomic E-state index is 13.0. The number of likely N-dealkylation sites (tertiary alicyclic amines) is 2. The van der Waals surface area contributed by atoms with E-state index in [-0.39, 0.29) is 42.3 Å². The standard InChI is InChI=1S/C27H39N5O4S.C22H32N4O2.C4H7NO2S/c1-17(2)36-26(34)29-25(37)28-10-9-21-22(20-14-18(3)13-19(4)15-20)30-31-23(21)35-16-27(5,6)24(33)32-11-7-8-12-32;1-15-11-16(2)13-17(12-15)19-18(7-8-23)20(25-24-19)28-14-22(3,4)21(27)26-9-5-6-10-26;1-3(2)7-4(6)5-8/h13-15,17H,7-12,16H2,1-6H3,(H,30,31)(H2,28,29,34,37);11-13H,5-10,14,23H2,1-4H3,(H,24,25);3H,1-2H3. The third-order valence-corrected chi connectivity index (χ3v) is 12.2. The number of aryl methyl sites for hydroxylation is 4. The Bertz CT molecular complexity index is 2470. The average molecular weight is 1050 g/mol. The second-order valence-electron chi connectivity index (χ2n) is 20.5. The molecule has 18 nitrogen and oxygen atoms in total. The number of thiocarbonyl (C=S) groups is 1. The molecule has 2 aromatic carbocycles. The lowest BCUT2D eigenvalue weighted by Gasteiger charge is -2.28. The second kappa shape index (κ2) is 27.9. The third kappa shape index (κ3) is 18.5. The van der Waals surface area contributed by atoms with Crippen molar-refractivity contribution in [2.75, 3.05) is 52.5 Å². The van der Waals surface area contributed by atoms with Crippen LogP contribution in [0.3, 0.4) is 0 Å². The largest absolute Gasteiger partial charge is 0.475 e. The number of benzene rings is 2. The first-order valence-electron chi connectivity index (χ1n) is 25.1. The van der Waals surface area contributed by atoms with Crippen LogP contribution in [0.4, 0.5) is 9.59 Å². The summed E-state index contributed by atoms with van der Waals surface area (Å²) in [6.07, 6.45) is 3.79. The lowest BCUT2D eigenvalue weighted by atomic mass is 9.93. The number of hydrogen-bond donors (Lipinski definition) is 5. The highest BCUT2D eigenvalue weighted by Crippen LogP contribution is 2.34. The van der Waals surface area contributed by atoms with Crippen LogP contribution in [-0.4, -0.2) is 124 Å². The number of ether oxygens (including phenoxy) is 4. The predicted molar refractivity (Wildman–Crippen MR) is 290 cm³/mol. The van der Waals surface area contributed by atoms with Crippen LogP contribution in [0.1, 0.15) is 114 Å². The molecule has 0 bridgehead atoms. The zero-order valence-corrected chi connectivity index (χ0v) is 46.5. The number of nitrogens with zero attached hydrogens (tertiary/aromatic N) is 5. The molecule has 2 saturated heterocycles. The molecule has 4 amide bonds. The van der Waals surface area contributed by atoms with Crippen LogP contribution in [0.5, 0.6) is 11.8 Å². The van der Waals surface area contributed by atoms with E-state index in [1.165, 1.54) is 11.1 Å². The Labute approximate surface area is 442 Å². The minimum absolute atomic E-state index is 0.1000. The number of rotatable bonds is 17.